The van der Waals surface area contributed by atoms with Crippen molar-refractivity contribution in [2.75, 3.05) is 10.6 Å². The number of aryl methyl sites for hydroxylation is 3. The maximum Gasteiger partial charge on any atom is 0.256 e. The fourth-order valence-corrected chi connectivity index (χ4v) is 2.76. The van der Waals surface area contributed by atoms with E-state index >= 15 is 0 Å². The van der Waals surface area contributed by atoms with Crippen molar-refractivity contribution >= 4 is 23.1 Å². The second-order valence-corrected chi connectivity index (χ2v) is 6.09. The lowest BCUT2D eigenvalue weighted by Gasteiger charge is -2.11. The lowest BCUT2D eigenvalue weighted by Crippen LogP contribution is -2.15. The molecule has 0 saturated carbocycles. The van der Waals surface area contributed by atoms with Crippen LogP contribution in [0, 0.1) is 20.8 Å². The topological polar surface area (TPSA) is 54.0 Å². The number of nitrogens with zero attached hydrogens (tertiary/aromatic N) is 1. The Morgan fingerprint density at radius 1 is 0.840 bits per heavy atom. The molecule has 0 aliphatic heterocycles. The molecule has 1 amide bonds. The summed E-state index contributed by atoms with van der Waals surface area (Å²) in [5.74, 6) is 0.622. The molecule has 0 radical (unpaired) electrons. The number of hydrogen-bond donors (Lipinski definition) is 2. The molecular weight excluding hydrogens is 310 g/mol. The Bertz CT molecular complexity index is 881. The molecule has 4 heteroatoms. The zero-order valence-corrected chi connectivity index (χ0v) is 14.6. The average molecular weight is 331 g/mol. The van der Waals surface area contributed by atoms with E-state index in [4.69, 9.17) is 0 Å². The van der Waals surface area contributed by atoms with E-state index in [0.717, 1.165) is 28.2 Å². The van der Waals surface area contributed by atoms with Gasteiger partial charge in [-0.1, -0.05) is 36.4 Å². The van der Waals surface area contributed by atoms with Gasteiger partial charge in [0, 0.05) is 11.3 Å². The van der Waals surface area contributed by atoms with Crippen molar-refractivity contribution in [2.45, 2.75) is 20.8 Å². The van der Waals surface area contributed by atoms with Gasteiger partial charge in [-0.3, -0.25) is 4.79 Å². The first-order valence-electron chi connectivity index (χ1n) is 8.21. The highest BCUT2D eigenvalue weighted by Crippen LogP contribution is 2.20. The number of pyridine rings is 1. The normalized spacial score (nSPS) is 10.4. The molecule has 0 fully saturated rings. The summed E-state index contributed by atoms with van der Waals surface area (Å²) in [6.07, 6.45) is 1.66. The maximum absolute atomic E-state index is 12.5. The molecule has 3 rings (SSSR count). The molecule has 0 aliphatic rings. The van der Waals surface area contributed by atoms with Crippen LogP contribution in [0.4, 0.5) is 17.2 Å². The number of rotatable bonds is 4. The van der Waals surface area contributed by atoms with Crippen LogP contribution in [0.1, 0.15) is 27.0 Å². The largest absolute Gasteiger partial charge is 0.340 e. The maximum atomic E-state index is 12.5. The highest BCUT2D eigenvalue weighted by molar-refractivity contribution is 6.06. The number of anilines is 3. The molecule has 3 aromatic rings. The van der Waals surface area contributed by atoms with Crippen LogP contribution in [0.3, 0.4) is 0 Å². The third-order valence-electron chi connectivity index (χ3n) is 4.14. The Morgan fingerprint density at radius 3 is 2.16 bits per heavy atom. The van der Waals surface area contributed by atoms with E-state index in [2.05, 4.69) is 15.6 Å². The molecule has 2 aromatic carbocycles. The highest BCUT2D eigenvalue weighted by atomic mass is 16.1. The molecule has 2 N–H and O–H groups in total. The number of carbonyl (C=O) groups is 1. The van der Waals surface area contributed by atoms with Crippen LogP contribution in [0.5, 0.6) is 0 Å². The Labute approximate surface area is 147 Å². The number of aromatic nitrogens is 1. The van der Waals surface area contributed by atoms with E-state index in [1.807, 2.05) is 75.4 Å². The van der Waals surface area contributed by atoms with Gasteiger partial charge in [-0.15, -0.1) is 0 Å². The van der Waals surface area contributed by atoms with E-state index in [1.165, 1.54) is 0 Å². The molecule has 0 saturated heterocycles. The Kier molecular flexibility index (Phi) is 4.80. The van der Waals surface area contributed by atoms with Gasteiger partial charge in [0.2, 0.25) is 0 Å². The minimum absolute atomic E-state index is 0.114. The number of hydrogen-bond acceptors (Lipinski definition) is 3. The van der Waals surface area contributed by atoms with Crippen LogP contribution in [0.25, 0.3) is 0 Å². The third kappa shape index (κ3) is 3.86. The molecule has 0 bridgehead atoms. The van der Waals surface area contributed by atoms with Crippen molar-refractivity contribution in [1.82, 2.24) is 4.98 Å². The van der Waals surface area contributed by atoms with Crippen molar-refractivity contribution in [3.63, 3.8) is 0 Å². The van der Waals surface area contributed by atoms with Gasteiger partial charge in [0.1, 0.15) is 5.82 Å². The number of benzene rings is 2. The summed E-state index contributed by atoms with van der Waals surface area (Å²) >= 11 is 0. The monoisotopic (exact) mass is 331 g/mol. The zero-order valence-electron chi connectivity index (χ0n) is 14.6. The van der Waals surface area contributed by atoms with Crippen LogP contribution in [0.15, 0.2) is 60.8 Å². The minimum atomic E-state index is -0.114. The summed E-state index contributed by atoms with van der Waals surface area (Å²) in [6, 6.07) is 17.6. The lowest BCUT2D eigenvalue weighted by molar-refractivity contribution is 0.102. The van der Waals surface area contributed by atoms with Crippen LogP contribution in [-0.4, -0.2) is 10.9 Å². The van der Waals surface area contributed by atoms with E-state index in [0.29, 0.717) is 11.3 Å². The summed E-state index contributed by atoms with van der Waals surface area (Å²) in [5, 5.41) is 6.19. The standard InChI is InChI=1S/C21H21N3O/c1-14-7-4-5-10-18(14)24-19-12-11-17(13-22-19)23-21(25)20-15(2)8-6-9-16(20)3/h4-13H,1-3H3,(H,22,24)(H,23,25). The van der Waals surface area contributed by atoms with Gasteiger partial charge < -0.3 is 10.6 Å². The van der Waals surface area contributed by atoms with Gasteiger partial charge >= 0.3 is 0 Å². The number of para-hydroxylation sites is 1. The minimum Gasteiger partial charge on any atom is -0.340 e. The summed E-state index contributed by atoms with van der Waals surface area (Å²) < 4.78 is 0. The molecule has 0 atom stereocenters. The molecule has 0 aliphatic carbocycles. The second kappa shape index (κ2) is 7.18. The number of nitrogens with one attached hydrogen (secondary N) is 2. The molecular formula is C21H21N3O. The molecule has 0 spiro atoms. The van der Waals surface area contributed by atoms with Gasteiger partial charge in [-0.05, 0) is 55.7 Å². The Hall–Kier alpha value is -3.14. The number of amides is 1. The van der Waals surface area contributed by atoms with E-state index in [1.54, 1.807) is 6.20 Å². The zero-order chi connectivity index (χ0) is 17.8. The smallest absolute Gasteiger partial charge is 0.256 e. The first kappa shape index (κ1) is 16.7. The van der Waals surface area contributed by atoms with Gasteiger partial charge in [0.15, 0.2) is 0 Å². The Morgan fingerprint density at radius 2 is 1.52 bits per heavy atom. The van der Waals surface area contributed by atoms with Crippen LogP contribution >= 0.6 is 0 Å². The quantitative estimate of drug-likeness (QED) is 0.707. The summed E-state index contributed by atoms with van der Waals surface area (Å²) in [4.78, 5) is 16.9. The van der Waals surface area contributed by atoms with E-state index < -0.39 is 0 Å². The number of carbonyl (C=O) groups excluding carboxylic acids is 1. The molecule has 0 unspecified atom stereocenters. The van der Waals surface area contributed by atoms with Crippen molar-refractivity contribution in [3.8, 4) is 0 Å². The first-order chi connectivity index (χ1) is 12.0. The predicted molar refractivity (Wildman–Crippen MR) is 103 cm³/mol. The first-order valence-corrected chi connectivity index (χ1v) is 8.21. The molecule has 4 nitrogen and oxygen atoms in total. The molecule has 1 heterocycles. The van der Waals surface area contributed by atoms with Crippen molar-refractivity contribution in [1.29, 1.82) is 0 Å². The summed E-state index contributed by atoms with van der Waals surface area (Å²) in [7, 11) is 0. The molecule has 1 aromatic heterocycles. The van der Waals surface area contributed by atoms with Gasteiger partial charge in [0.05, 0.1) is 11.9 Å². The van der Waals surface area contributed by atoms with Crippen molar-refractivity contribution in [3.05, 3.63) is 83.0 Å². The van der Waals surface area contributed by atoms with Gasteiger partial charge in [-0.2, -0.15) is 0 Å². The fourth-order valence-electron chi connectivity index (χ4n) is 2.76. The van der Waals surface area contributed by atoms with Crippen LogP contribution < -0.4 is 10.6 Å². The highest BCUT2D eigenvalue weighted by Gasteiger charge is 2.12. The Balaban J connectivity index is 1.73. The van der Waals surface area contributed by atoms with Crippen LogP contribution in [-0.2, 0) is 0 Å². The predicted octanol–water partition coefficient (Wildman–Crippen LogP) is 5.00. The lowest BCUT2D eigenvalue weighted by atomic mass is 10.0. The van der Waals surface area contributed by atoms with Crippen LogP contribution in [0.2, 0.25) is 0 Å². The molecule has 126 valence electrons. The van der Waals surface area contributed by atoms with Crippen molar-refractivity contribution < 1.29 is 4.79 Å². The molecule has 25 heavy (non-hydrogen) atoms. The van der Waals surface area contributed by atoms with Gasteiger partial charge in [0.25, 0.3) is 5.91 Å². The summed E-state index contributed by atoms with van der Waals surface area (Å²) in [6.45, 7) is 5.92. The third-order valence-corrected chi connectivity index (χ3v) is 4.14. The average Bonchev–Trinajstić information content (AvgIpc) is 2.58. The fraction of sp³-hybridized carbons (Fsp3) is 0.143. The SMILES string of the molecule is Cc1ccccc1Nc1ccc(NC(=O)c2c(C)cccc2C)cn1. The van der Waals surface area contributed by atoms with E-state index in [9.17, 15) is 4.79 Å². The van der Waals surface area contributed by atoms with Crippen molar-refractivity contribution in [2.24, 2.45) is 0 Å². The summed E-state index contributed by atoms with van der Waals surface area (Å²) in [5.41, 5.74) is 5.47. The second-order valence-electron chi connectivity index (χ2n) is 6.09. The van der Waals surface area contributed by atoms with E-state index in [-0.39, 0.29) is 5.91 Å². The van der Waals surface area contributed by atoms with Gasteiger partial charge in [-0.25, -0.2) is 4.98 Å².